The van der Waals surface area contributed by atoms with E-state index in [0.717, 1.165) is 12.0 Å². The Kier molecular flexibility index (Phi) is 6.22. The van der Waals surface area contributed by atoms with Gasteiger partial charge in [-0.1, -0.05) is 13.0 Å². The SMILES string of the molecule is CCOC(=O)[C@H](C)Oc1c(-c2ccc(OC)cc2)oc2ccc(CC)cc2c1=O. The second-order valence-electron chi connectivity index (χ2n) is 6.51. The number of benzene rings is 2. The minimum Gasteiger partial charge on any atom is -0.497 e. The summed E-state index contributed by atoms with van der Waals surface area (Å²) in [5.74, 6) is 0.365. The Morgan fingerprint density at radius 3 is 2.45 bits per heavy atom. The largest absolute Gasteiger partial charge is 0.497 e. The van der Waals surface area contributed by atoms with E-state index in [1.54, 1.807) is 57.4 Å². The van der Waals surface area contributed by atoms with E-state index in [4.69, 9.17) is 18.6 Å². The lowest BCUT2D eigenvalue weighted by Crippen LogP contribution is -2.28. The third-order valence-corrected chi connectivity index (χ3v) is 4.59. The Hall–Kier alpha value is -3.28. The van der Waals surface area contributed by atoms with Crippen LogP contribution in [-0.4, -0.2) is 25.8 Å². The Labute approximate surface area is 169 Å². The van der Waals surface area contributed by atoms with Crippen LogP contribution in [0.25, 0.3) is 22.3 Å². The van der Waals surface area contributed by atoms with Crippen molar-refractivity contribution in [2.24, 2.45) is 0 Å². The molecule has 0 aliphatic heterocycles. The molecule has 0 N–H and O–H groups in total. The molecular weight excluding hydrogens is 372 g/mol. The van der Waals surface area contributed by atoms with Crippen LogP contribution in [0.3, 0.4) is 0 Å². The lowest BCUT2D eigenvalue weighted by molar-refractivity contribution is -0.150. The van der Waals surface area contributed by atoms with Crippen LogP contribution in [0.2, 0.25) is 0 Å². The number of carbonyl (C=O) groups is 1. The number of hydrogen-bond donors (Lipinski definition) is 0. The van der Waals surface area contributed by atoms with E-state index >= 15 is 0 Å². The summed E-state index contributed by atoms with van der Waals surface area (Å²) in [6.45, 7) is 5.49. The Morgan fingerprint density at radius 1 is 1.10 bits per heavy atom. The standard InChI is InChI=1S/C23H24O6/c1-5-15-7-12-19-18(13-15)20(24)22(28-14(3)23(25)27-6-2)21(29-19)16-8-10-17(26-4)11-9-16/h7-14H,5-6H2,1-4H3/t14-/m0/s1. The first kappa shape index (κ1) is 20.5. The number of hydrogen-bond acceptors (Lipinski definition) is 6. The molecular formula is C23H24O6. The molecule has 152 valence electrons. The van der Waals surface area contributed by atoms with Gasteiger partial charge in [-0.2, -0.15) is 0 Å². The molecule has 0 saturated carbocycles. The van der Waals surface area contributed by atoms with Gasteiger partial charge in [0.25, 0.3) is 0 Å². The molecule has 0 aliphatic carbocycles. The fraction of sp³-hybridized carbons (Fsp3) is 0.304. The number of fused-ring (bicyclic) bond motifs is 1. The van der Waals surface area contributed by atoms with Crippen molar-refractivity contribution in [3.63, 3.8) is 0 Å². The molecule has 1 heterocycles. The highest BCUT2D eigenvalue weighted by Gasteiger charge is 2.24. The molecule has 0 spiro atoms. The van der Waals surface area contributed by atoms with Crippen LogP contribution in [0.5, 0.6) is 11.5 Å². The van der Waals surface area contributed by atoms with Crippen molar-refractivity contribution in [1.29, 1.82) is 0 Å². The molecule has 0 radical (unpaired) electrons. The van der Waals surface area contributed by atoms with Crippen molar-refractivity contribution < 1.29 is 23.4 Å². The molecule has 3 rings (SSSR count). The van der Waals surface area contributed by atoms with E-state index in [1.165, 1.54) is 0 Å². The summed E-state index contributed by atoms with van der Waals surface area (Å²) in [7, 11) is 1.58. The van der Waals surface area contributed by atoms with Gasteiger partial charge in [-0.05, 0) is 62.2 Å². The zero-order valence-electron chi connectivity index (χ0n) is 17.0. The molecule has 0 unspecified atom stereocenters. The van der Waals surface area contributed by atoms with Gasteiger partial charge >= 0.3 is 5.97 Å². The molecule has 0 fully saturated rings. The summed E-state index contributed by atoms with van der Waals surface area (Å²) in [5.41, 5.74) is 1.76. The lowest BCUT2D eigenvalue weighted by atomic mass is 10.1. The molecule has 0 bridgehead atoms. The predicted molar refractivity (Wildman–Crippen MR) is 111 cm³/mol. The van der Waals surface area contributed by atoms with Crippen molar-refractivity contribution >= 4 is 16.9 Å². The summed E-state index contributed by atoms with van der Waals surface area (Å²) < 4.78 is 22.0. The number of methoxy groups -OCH3 is 1. The van der Waals surface area contributed by atoms with Gasteiger partial charge in [-0.25, -0.2) is 4.79 Å². The number of aryl methyl sites for hydroxylation is 1. The maximum Gasteiger partial charge on any atom is 0.347 e. The third-order valence-electron chi connectivity index (χ3n) is 4.59. The average molecular weight is 396 g/mol. The highest BCUT2D eigenvalue weighted by atomic mass is 16.6. The summed E-state index contributed by atoms with van der Waals surface area (Å²) in [4.78, 5) is 25.3. The molecule has 0 saturated heterocycles. The van der Waals surface area contributed by atoms with Gasteiger partial charge in [0, 0.05) is 5.56 Å². The van der Waals surface area contributed by atoms with Crippen LogP contribution in [0.4, 0.5) is 0 Å². The minimum absolute atomic E-state index is 0.0172. The number of carbonyl (C=O) groups excluding carboxylic acids is 1. The van der Waals surface area contributed by atoms with Gasteiger partial charge in [0.15, 0.2) is 11.9 Å². The molecule has 1 aromatic heterocycles. The van der Waals surface area contributed by atoms with Crippen LogP contribution in [0.1, 0.15) is 26.3 Å². The molecule has 6 nitrogen and oxygen atoms in total. The molecule has 6 heteroatoms. The van der Waals surface area contributed by atoms with Gasteiger partial charge in [-0.15, -0.1) is 0 Å². The summed E-state index contributed by atoms with van der Waals surface area (Å²) in [5, 5.41) is 0.410. The molecule has 29 heavy (non-hydrogen) atoms. The van der Waals surface area contributed by atoms with E-state index in [9.17, 15) is 9.59 Å². The molecule has 2 aromatic carbocycles. The fourth-order valence-corrected chi connectivity index (χ4v) is 2.97. The average Bonchev–Trinajstić information content (AvgIpc) is 2.75. The smallest absolute Gasteiger partial charge is 0.347 e. The van der Waals surface area contributed by atoms with Crippen LogP contribution in [-0.2, 0) is 16.0 Å². The normalized spacial score (nSPS) is 11.9. The van der Waals surface area contributed by atoms with E-state index in [0.29, 0.717) is 22.3 Å². The lowest BCUT2D eigenvalue weighted by Gasteiger charge is -2.16. The number of esters is 1. The maximum absolute atomic E-state index is 13.3. The van der Waals surface area contributed by atoms with Crippen molar-refractivity contribution in [3.05, 3.63) is 58.3 Å². The second kappa shape index (κ2) is 8.82. The van der Waals surface area contributed by atoms with Gasteiger partial charge in [0.05, 0.1) is 19.1 Å². The molecule has 0 amide bonds. The monoisotopic (exact) mass is 396 g/mol. The Morgan fingerprint density at radius 2 is 1.83 bits per heavy atom. The second-order valence-corrected chi connectivity index (χ2v) is 6.51. The van der Waals surface area contributed by atoms with E-state index in [1.807, 2.05) is 13.0 Å². The van der Waals surface area contributed by atoms with Crippen LogP contribution in [0.15, 0.2) is 51.7 Å². The van der Waals surface area contributed by atoms with Gasteiger partial charge in [0.2, 0.25) is 11.2 Å². The van der Waals surface area contributed by atoms with E-state index in [-0.39, 0.29) is 23.5 Å². The predicted octanol–water partition coefficient (Wildman–Crippen LogP) is 4.36. The van der Waals surface area contributed by atoms with Crippen LogP contribution < -0.4 is 14.9 Å². The number of rotatable bonds is 7. The zero-order valence-corrected chi connectivity index (χ0v) is 17.0. The molecule has 0 aliphatic rings. The van der Waals surface area contributed by atoms with Gasteiger partial charge in [-0.3, -0.25) is 4.79 Å². The topological polar surface area (TPSA) is 75.0 Å². The highest BCUT2D eigenvalue weighted by molar-refractivity contribution is 5.83. The van der Waals surface area contributed by atoms with E-state index < -0.39 is 12.1 Å². The zero-order chi connectivity index (χ0) is 21.0. The number of ether oxygens (including phenoxy) is 3. The Balaban J connectivity index is 2.18. The quantitative estimate of drug-likeness (QED) is 0.553. The summed E-state index contributed by atoms with van der Waals surface area (Å²) in [6, 6.07) is 12.6. The fourth-order valence-electron chi connectivity index (χ4n) is 2.97. The highest BCUT2D eigenvalue weighted by Crippen LogP contribution is 2.33. The molecule has 3 aromatic rings. The van der Waals surface area contributed by atoms with Crippen LogP contribution in [0, 0.1) is 0 Å². The van der Waals surface area contributed by atoms with E-state index in [2.05, 4.69) is 0 Å². The van der Waals surface area contributed by atoms with Gasteiger partial charge in [0.1, 0.15) is 11.3 Å². The minimum atomic E-state index is -0.957. The van der Waals surface area contributed by atoms with Crippen molar-refractivity contribution in [3.8, 4) is 22.8 Å². The first-order chi connectivity index (χ1) is 14.0. The van der Waals surface area contributed by atoms with Crippen molar-refractivity contribution in [2.45, 2.75) is 33.3 Å². The van der Waals surface area contributed by atoms with Crippen molar-refractivity contribution in [2.75, 3.05) is 13.7 Å². The summed E-state index contributed by atoms with van der Waals surface area (Å²) in [6.07, 6.45) is -0.174. The summed E-state index contributed by atoms with van der Waals surface area (Å²) >= 11 is 0. The van der Waals surface area contributed by atoms with Crippen molar-refractivity contribution in [1.82, 2.24) is 0 Å². The van der Waals surface area contributed by atoms with Crippen LogP contribution >= 0.6 is 0 Å². The first-order valence-electron chi connectivity index (χ1n) is 9.55. The molecule has 1 atom stereocenters. The maximum atomic E-state index is 13.3. The van der Waals surface area contributed by atoms with Gasteiger partial charge < -0.3 is 18.6 Å². The first-order valence-corrected chi connectivity index (χ1v) is 9.55. The Bertz CT molecular complexity index is 1070. The third kappa shape index (κ3) is 4.26.